The third-order valence-electron chi connectivity index (χ3n) is 3.48. The molecule has 0 fully saturated rings. The van der Waals surface area contributed by atoms with Crippen LogP contribution < -0.4 is 15.4 Å². The van der Waals surface area contributed by atoms with Crippen molar-refractivity contribution < 1.29 is 9.53 Å². The third kappa shape index (κ3) is 6.02. The van der Waals surface area contributed by atoms with Gasteiger partial charge in [0.1, 0.15) is 12.4 Å². The highest BCUT2D eigenvalue weighted by molar-refractivity contribution is 5.73. The van der Waals surface area contributed by atoms with E-state index < -0.39 is 0 Å². The summed E-state index contributed by atoms with van der Waals surface area (Å²) in [4.78, 5) is 11.7. The fourth-order valence-corrected chi connectivity index (χ4v) is 2.14. The van der Waals surface area contributed by atoms with E-state index >= 15 is 0 Å². The standard InChI is InChI=1S/C19H24N2O2/c1-15(2)17-9-6-10-18(13-17)23-12-11-20-19(22)21-14-16-7-4-3-5-8-16/h3-10,13,15H,11-12,14H2,1-2H3,(H2,20,21,22). The summed E-state index contributed by atoms with van der Waals surface area (Å²) in [6.07, 6.45) is 0. The summed E-state index contributed by atoms with van der Waals surface area (Å²) in [6.45, 7) is 5.73. The number of urea groups is 1. The molecule has 0 saturated heterocycles. The van der Waals surface area contributed by atoms with Crippen molar-refractivity contribution in [3.8, 4) is 5.75 Å². The molecule has 0 aromatic heterocycles. The van der Waals surface area contributed by atoms with Gasteiger partial charge < -0.3 is 15.4 Å². The zero-order chi connectivity index (χ0) is 16.5. The smallest absolute Gasteiger partial charge is 0.315 e. The molecule has 2 aromatic carbocycles. The minimum atomic E-state index is -0.187. The monoisotopic (exact) mass is 312 g/mol. The van der Waals surface area contributed by atoms with Crippen molar-refractivity contribution in [3.05, 3.63) is 65.7 Å². The van der Waals surface area contributed by atoms with Crippen molar-refractivity contribution in [2.24, 2.45) is 0 Å². The molecular formula is C19H24N2O2. The predicted octanol–water partition coefficient (Wildman–Crippen LogP) is 3.69. The van der Waals surface area contributed by atoms with E-state index in [9.17, 15) is 4.79 Å². The summed E-state index contributed by atoms with van der Waals surface area (Å²) in [5.74, 6) is 1.31. The minimum Gasteiger partial charge on any atom is -0.492 e. The van der Waals surface area contributed by atoms with Crippen molar-refractivity contribution in [2.75, 3.05) is 13.2 Å². The Morgan fingerprint density at radius 1 is 1.04 bits per heavy atom. The second kappa shape index (κ2) is 8.83. The van der Waals surface area contributed by atoms with Crippen LogP contribution in [0.1, 0.15) is 30.9 Å². The topological polar surface area (TPSA) is 50.4 Å². The van der Waals surface area contributed by atoms with Gasteiger partial charge in [-0.1, -0.05) is 56.3 Å². The molecule has 0 spiro atoms. The number of benzene rings is 2. The highest BCUT2D eigenvalue weighted by atomic mass is 16.5. The number of carbonyl (C=O) groups is 1. The average Bonchev–Trinajstić information content (AvgIpc) is 2.58. The summed E-state index contributed by atoms with van der Waals surface area (Å²) in [6, 6.07) is 17.7. The van der Waals surface area contributed by atoms with Crippen molar-refractivity contribution in [3.63, 3.8) is 0 Å². The Morgan fingerprint density at radius 3 is 2.57 bits per heavy atom. The van der Waals surface area contributed by atoms with Crippen LogP contribution in [0.15, 0.2) is 54.6 Å². The van der Waals surface area contributed by atoms with Crippen LogP contribution in [0.5, 0.6) is 5.75 Å². The first-order valence-electron chi connectivity index (χ1n) is 7.93. The number of ether oxygens (including phenoxy) is 1. The highest BCUT2D eigenvalue weighted by Crippen LogP contribution is 2.19. The van der Waals surface area contributed by atoms with Crippen LogP contribution in [0.2, 0.25) is 0 Å². The first kappa shape index (κ1) is 16.9. The molecule has 122 valence electrons. The summed E-state index contributed by atoms with van der Waals surface area (Å²) >= 11 is 0. The maximum Gasteiger partial charge on any atom is 0.315 e. The number of rotatable bonds is 7. The number of nitrogens with one attached hydrogen (secondary N) is 2. The van der Waals surface area contributed by atoms with Crippen LogP contribution in [-0.4, -0.2) is 19.2 Å². The second-order valence-electron chi connectivity index (χ2n) is 5.67. The molecule has 0 aliphatic carbocycles. The quantitative estimate of drug-likeness (QED) is 0.766. The zero-order valence-corrected chi connectivity index (χ0v) is 13.7. The molecule has 2 amide bonds. The maximum atomic E-state index is 11.7. The van der Waals surface area contributed by atoms with Crippen LogP contribution in [0.3, 0.4) is 0 Å². The zero-order valence-electron chi connectivity index (χ0n) is 13.7. The molecule has 2 N–H and O–H groups in total. The fraction of sp³-hybridized carbons (Fsp3) is 0.316. The highest BCUT2D eigenvalue weighted by Gasteiger charge is 2.02. The molecule has 0 heterocycles. The van der Waals surface area contributed by atoms with E-state index in [0.29, 0.717) is 25.6 Å². The lowest BCUT2D eigenvalue weighted by molar-refractivity contribution is 0.236. The van der Waals surface area contributed by atoms with Gasteiger partial charge in [-0.15, -0.1) is 0 Å². The van der Waals surface area contributed by atoms with Gasteiger partial charge in [0.05, 0.1) is 6.54 Å². The third-order valence-corrected chi connectivity index (χ3v) is 3.48. The van der Waals surface area contributed by atoms with Crippen molar-refractivity contribution in [1.82, 2.24) is 10.6 Å². The molecule has 0 atom stereocenters. The number of amides is 2. The number of carbonyl (C=O) groups excluding carboxylic acids is 1. The van der Waals surface area contributed by atoms with Crippen LogP contribution in [0.4, 0.5) is 4.79 Å². The number of hydrogen-bond acceptors (Lipinski definition) is 2. The molecule has 0 aliphatic heterocycles. The van der Waals surface area contributed by atoms with Gasteiger partial charge in [-0.05, 0) is 29.2 Å². The molecule has 4 heteroatoms. The Hall–Kier alpha value is -2.49. The summed E-state index contributed by atoms with van der Waals surface area (Å²) in [5, 5.41) is 5.60. The van der Waals surface area contributed by atoms with E-state index in [1.54, 1.807) is 0 Å². The average molecular weight is 312 g/mol. The SMILES string of the molecule is CC(C)c1cccc(OCCNC(=O)NCc2ccccc2)c1. The Balaban J connectivity index is 1.65. The Morgan fingerprint density at radius 2 is 1.83 bits per heavy atom. The van der Waals surface area contributed by atoms with Crippen molar-refractivity contribution >= 4 is 6.03 Å². The molecular weight excluding hydrogens is 288 g/mol. The van der Waals surface area contributed by atoms with Gasteiger partial charge in [-0.2, -0.15) is 0 Å². The van der Waals surface area contributed by atoms with E-state index in [4.69, 9.17) is 4.74 Å². The van der Waals surface area contributed by atoms with Crippen molar-refractivity contribution in [2.45, 2.75) is 26.3 Å². The lowest BCUT2D eigenvalue weighted by Crippen LogP contribution is -2.37. The molecule has 0 saturated carbocycles. The molecule has 0 radical (unpaired) electrons. The predicted molar refractivity (Wildman–Crippen MR) is 92.7 cm³/mol. The van der Waals surface area contributed by atoms with E-state index in [0.717, 1.165) is 11.3 Å². The number of hydrogen-bond donors (Lipinski definition) is 2. The van der Waals surface area contributed by atoms with Gasteiger partial charge in [-0.25, -0.2) is 4.79 Å². The molecule has 0 aliphatic rings. The van der Waals surface area contributed by atoms with Gasteiger partial charge in [0.15, 0.2) is 0 Å². The molecule has 0 unspecified atom stereocenters. The molecule has 2 rings (SSSR count). The Labute approximate surface area is 137 Å². The van der Waals surface area contributed by atoms with Gasteiger partial charge in [0, 0.05) is 6.54 Å². The molecule has 23 heavy (non-hydrogen) atoms. The van der Waals surface area contributed by atoms with Gasteiger partial charge in [0.2, 0.25) is 0 Å². The lowest BCUT2D eigenvalue weighted by atomic mass is 10.0. The summed E-state index contributed by atoms with van der Waals surface area (Å²) in [5.41, 5.74) is 2.32. The molecule has 2 aromatic rings. The lowest BCUT2D eigenvalue weighted by Gasteiger charge is -2.11. The first-order valence-corrected chi connectivity index (χ1v) is 7.93. The normalized spacial score (nSPS) is 10.4. The summed E-state index contributed by atoms with van der Waals surface area (Å²) < 4.78 is 5.67. The molecule has 4 nitrogen and oxygen atoms in total. The van der Waals surface area contributed by atoms with Crippen molar-refractivity contribution in [1.29, 1.82) is 0 Å². The second-order valence-corrected chi connectivity index (χ2v) is 5.67. The fourth-order valence-electron chi connectivity index (χ4n) is 2.14. The van der Waals surface area contributed by atoms with E-state index in [2.05, 4.69) is 30.5 Å². The van der Waals surface area contributed by atoms with Gasteiger partial charge in [-0.3, -0.25) is 0 Å². The van der Waals surface area contributed by atoms with Gasteiger partial charge >= 0.3 is 6.03 Å². The minimum absolute atomic E-state index is 0.187. The summed E-state index contributed by atoms with van der Waals surface area (Å²) in [7, 11) is 0. The Bertz CT molecular complexity index is 612. The van der Waals surface area contributed by atoms with Crippen LogP contribution in [0, 0.1) is 0 Å². The van der Waals surface area contributed by atoms with E-state index in [1.807, 2.05) is 48.5 Å². The molecule has 0 bridgehead atoms. The maximum absolute atomic E-state index is 11.7. The van der Waals surface area contributed by atoms with E-state index in [-0.39, 0.29) is 6.03 Å². The Kier molecular flexibility index (Phi) is 6.48. The van der Waals surface area contributed by atoms with Crippen LogP contribution >= 0.6 is 0 Å². The van der Waals surface area contributed by atoms with Crippen LogP contribution in [-0.2, 0) is 6.54 Å². The largest absolute Gasteiger partial charge is 0.492 e. The first-order chi connectivity index (χ1) is 11.1. The van der Waals surface area contributed by atoms with Crippen LogP contribution in [0.25, 0.3) is 0 Å². The van der Waals surface area contributed by atoms with E-state index in [1.165, 1.54) is 5.56 Å². The van der Waals surface area contributed by atoms with Gasteiger partial charge in [0.25, 0.3) is 0 Å².